The highest BCUT2D eigenvalue weighted by molar-refractivity contribution is 5.75. The molecule has 114 valence electrons. The number of hydrogen-bond donors (Lipinski definition) is 1. The summed E-state index contributed by atoms with van der Waals surface area (Å²) in [6, 6.07) is 3.18. The number of hydrogen-bond acceptors (Lipinski definition) is 4. The molecule has 0 aliphatic carbocycles. The number of nitrogens with one attached hydrogen (secondary N) is 1. The third-order valence-electron chi connectivity index (χ3n) is 4.24. The SMILES string of the molecule is CC(C)NCc1cnc2c(cnn2C2CCN(C)CC2)c1. The third-order valence-corrected chi connectivity index (χ3v) is 4.24. The van der Waals surface area contributed by atoms with E-state index in [2.05, 4.69) is 51.9 Å². The quantitative estimate of drug-likeness (QED) is 0.936. The van der Waals surface area contributed by atoms with Crippen LogP contribution >= 0.6 is 0 Å². The zero-order valence-corrected chi connectivity index (χ0v) is 13.2. The minimum Gasteiger partial charge on any atom is -0.310 e. The lowest BCUT2D eigenvalue weighted by molar-refractivity contribution is 0.215. The highest BCUT2D eigenvalue weighted by atomic mass is 15.3. The molecule has 0 radical (unpaired) electrons. The molecular weight excluding hydrogens is 262 g/mol. The predicted octanol–water partition coefficient (Wildman–Crippen LogP) is 2.20. The van der Waals surface area contributed by atoms with Gasteiger partial charge in [-0.05, 0) is 44.6 Å². The molecule has 0 spiro atoms. The summed E-state index contributed by atoms with van der Waals surface area (Å²) in [5.41, 5.74) is 2.25. The molecule has 5 nitrogen and oxygen atoms in total. The summed E-state index contributed by atoms with van der Waals surface area (Å²) in [6.45, 7) is 7.46. The molecule has 1 N–H and O–H groups in total. The summed E-state index contributed by atoms with van der Waals surface area (Å²) in [6.07, 6.45) is 6.25. The molecule has 1 aliphatic heterocycles. The van der Waals surface area contributed by atoms with E-state index >= 15 is 0 Å². The largest absolute Gasteiger partial charge is 0.310 e. The Hall–Kier alpha value is -1.46. The molecule has 0 amide bonds. The standard InChI is InChI=1S/C16H25N5/c1-12(2)17-9-13-8-14-11-19-21(16(14)18-10-13)15-4-6-20(3)7-5-15/h8,10-12,15,17H,4-7,9H2,1-3H3. The fourth-order valence-corrected chi connectivity index (χ4v) is 2.91. The maximum Gasteiger partial charge on any atom is 0.157 e. The van der Waals surface area contributed by atoms with Crippen molar-refractivity contribution in [2.45, 2.75) is 45.3 Å². The van der Waals surface area contributed by atoms with E-state index in [0.717, 1.165) is 43.5 Å². The first-order valence-corrected chi connectivity index (χ1v) is 7.87. The average molecular weight is 287 g/mol. The van der Waals surface area contributed by atoms with Gasteiger partial charge in [0.1, 0.15) is 0 Å². The second-order valence-corrected chi connectivity index (χ2v) is 6.42. The second-order valence-electron chi connectivity index (χ2n) is 6.42. The predicted molar refractivity (Wildman–Crippen MR) is 85.3 cm³/mol. The fraction of sp³-hybridized carbons (Fsp3) is 0.625. The van der Waals surface area contributed by atoms with Crippen LogP contribution in [0.4, 0.5) is 0 Å². The molecular formula is C16H25N5. The van der Waals surface area contributed by atoms with E-state index in [9.17, 15) is 0 Å². The zero-order chi connectivity index (χ0) is 14.8. The number of piperidine rings is 1. The molecule has 0 bridgehead atoms. The van der Waals surface area contributed by atoms with Gasteiger partial charge in [0.25, 0.3) is 0 Å². The number of aromatic nitrogens is 3. The smallest absolute Gasteiger partial charge is 0.157 e. The molecule has 2 aromatic heterocycles. The first kappa shape index (κ1) is 14.5. The summed E-state index contributed by atoms with van der Waals surface area (Å²) in [5.74, 6) is 0. The maximum absolute atomic E-state index is 4.66. The van der Waals surface area contributed by atoms with Crippen molar-refractivity contribution in [2.24, 2.45) is 0 Å². The molecule has 1 fully saturated rings. The molecule has 3 rings (SSSR count). The molecule has 2 aromatic rings. The molecule has 21 heavy (non-hydrogen) atoms. The Labute approximate surface area is 126 Å². The van der Waals surface area contributed by atoms with Gasteiger partial charge >= 0.3 is 0 Å². The van der Waals surface area contributed by atoms with Gasteiger partial charge in [0.2, 0.25) is 0 Å². The average Bonchev–Trinajstić information content (AvgIpc) is 2.89. The fourth-order valence-electron chi connectivity index (χ4n) is 2.91. The van der Waals surface area contributed by atoms with Crippen molar-refractivity contribution in [3.05, 3.63) is 24.0 Å². The lowest BCUT2D eigenvalue weighted by atomic mass is 10.1. The highest BCUT2D eigenvalue weighted by Gasteiger charge is 2.20. The summed E-state index contributed by atoms with van der Waals surface area (Å²) >= 11 is 0. The van der Waals surface area contributed by atoms with Gasteiger partial charge in [0.05, 0.1) is 12.2 Å². The molecule has 0 aromatic carbocycles. The third kappa shape index (κ3) is 3.24. The molecule has 0 atom stereocenters. The van der Waals surface area contributed by atoms with Crippen molar-refractivity contribution < 1.29 is 0 Å². The van der Waals surface area contributed by atoms with Crippen LogP contribution in [0.3, 0.4) is 0 Å². The molecule has 5 heteroatoms. The number of nitrogens with zero attached hydrogens (tertiary/aromatic N) is 4. The van der Waals surface area contributed by atoms with Gasteiger partial charge in [-0.25, -0.2) is 9.67 Å². The monoisotopic (exact) mass is 287 g/mol. The van der Waals surface area contributed by atoms with Gasteiger partial charge in [-0.2, -0.15) is 5.10 Å². The Kier molecular flexibility index (Phi) is 4.22. The molecule has 0 saturated carbocycles. The van der Waals surface area contributed by atoms with E-state index in [-0.39, 0.29) is 0 Å². The number of pyridine rings is 1. The van der Waals surface area contributed by atoms with E-state index in [1.807, 2.05) is 12.4 Å². The van der Waals surface area contributed by atoms with Crippen LogP contribution in [-0.4, -0.2) is 45.8 Å². The van der Waals surface area contributed by atoms with Gasteiger partial charge in [0.15, 0.2) is 5.65 Å². The van der Waals surface area contributed by atoms with Crippen LogP contribution in [0.1, 0.15) is 38.3 Å². The minimum absolute atomic E-state index is 0.489. The second kappa shape index (κ2) is 6.12. The Balaban J connectivity index is 1.79. The maximum atomic E-state index is 4.66. The van der Waals surface area contributed by atoms with Crippen LogP contribution in [0.25, 0.3) is 11.0 Å². The van der Waals surface area contributed by atoms with Crippen LogP contribution < -0.4 is 5.32 Å². The first-order valence-electron chi connectivity index (χ1n) is 7.87. The number of rotatable bonds is 4. The zero-order valence-electron chi connectivity index (χ0n) is 13.2. The van der Waals surface area contributed by atoms with E-state index in [1.54, 1.807) is 0 Å². The van der Waals surface area contributed by atoms with E-state index in [4.69, 9.17) is 0 Å². The summed E-state index contributed by atoms with van der Waals surface area (Å²) in [5, 5.41) is 9.17. The minimum atomic E-state index is 0.489. The summed E-state index contributed by atoms with van der Waals surface area (Å²) < 4.78 is 2.13. The van der Waals surface area contributed by atoms with E-state index in [1.165, 1.54) is 5.56 Å². The number of fused-ring (bicyclic) bond motifs is 1. The molecule has 1 saturated heterocycles. The Morgan fingerprint density at radius 3 is 2.76 bits per heavy atom. The van der Waals surface area contributed by atoms with Gasteiger partial charge < -0.3 is 10.2 Å². The van der Waals surface area contributed by atoms with Gasteiger partial charge in [0, 0.05) is 24.2 Å². The van der Waals surface area contributed by atoms with Gasteiger partial charge in [-0.3, -0.25) is 0 Å². The topological polar surface area (TPSA) is 46.0 Å². The Morgan fingerprint density at radius 1 is 1.29 bits per heavy atom. The van der Waals surface area contributed by atoms with Crippen molar-refractivity contribution in [1.82, 2.24) is 25.0 Å². The van der Waals surface area contributed by atoms with Crippen molar-refractivity contribution in [3.63, 3.8) is 0 Å². The summed E-state index contributed by atoms with van der Waals surface area (Å²) in [7, 11) is 2.18. The van der Waals surface area contributed by atoms with Gasteiger partial charge in [-0.15, -0.1) is 0 Å². The van der Waals surface area contributed by atoms with Gasteiger partial charge in [-0.1, -0.05) is 13.8 Å². The van der Waals surface area contributed by atoms with Crippen LogP contribution in [-0.2, 0) is 6.54 Å². The van der Waals surface area contributed by atoms with Crippen molar-refractivity contribution in [1.29, 1.82) is 0 Å². The van der Waals surface area contributed by atoms with Crippen molar-refractivity contribution >= 4 is 11.0 Å². The van der Waals surface area contributed by atoms with Crippen molar-refractivity contribution in [2.75, 3.05) is 20.1 Å². The van der Waals surface area contributed by atoms with Crippen molar-refractivity contribution in [3.8, 4) is 0 Å². The van der Waals surface area contributed by atoms with Crippen LogP contribution in [0.2, 0.25) is 0 Å². The van der Waals surface area contributed by atoms with E-state index in [0.29, 0.717) is 12.1 Å². The Morgan fingerprint density at radius 2 is 2.05 bits per heavy atom. The molecule has 0 unspecified atom stereocenters. The van der Waals surface area contributed by atoms with Crippen LogP contribution in [0.5, 0.6) is 0 Å². The lowest BCUT2D eigenvalue weighted by Gasteiger charge is -2.29. The lowest BCUT2D eigenvalue weighted by Crippen LogP contribution is -2.31. The van der Waals surface area contributed by atoms with E-state index < -0.39 is 0 Å². The molecule has 3 heterocycles. The Bertz CT molecular complexity index is 596. The van der Waals surface area contributed by atoms with Crippen LogP contribution in [0.15, 0.2) is 18.5 Å². The summed E-state index contributed by atoms with van der Waals surface area (Å²) in [4.78, 5) is 7.04. The van der Waals surface area contributed by atoms with Crippen LogP contribution in [0, 0.1) is 0 Å². The first-order chi connectivity index (χ1) is 10.1. The number of likely N-dealkylation sites (tertiary alicyclic amines) is 1. The molecule has 1 aliphatic rings. The normalized spacial score (nSPS) is 17.9. The highest BCUT2D eigenvalue weighted by Crippen LogP contribution is 2.25.